The van der Waals surface area contributed by atoms with Gasteiger partial charge in [-0.05, 0) is 29.3 Å². The van der Waals surface area contributed by atoms with Crippen LogP contribution in [0.15, 0.2) is 21.2 Å². The molecule has 1 atom stereocenters. The molecule has 0 saturated carbocycles. The van der Waals surface area contributed by atoms with Gasteiger partial charge in [0.15, 0.2) is 0 Å². The Hall–Kier alpha value is -1.24. The zero-order chi connectivity index (χ0) is 13.9. The van der Waals surface area contributed by atoms with E-state index in [2.05, 4.69) is 43.7 Å². The fraction of sp³-hybridized carbons (Fsp3) is 0.571. The van der Waals surface area contributed by atoms with Crippen LogP contribution in [0.4, 0.5) is 0 Å². The van der Waals surface area contributed by atoms with Gasteiger partial charge in [-0.1, -0.05) is 0 Å². The van der Waals surface area contributed by atoms with Crippen molar-refractivity contribution in [1.82, 2.24) is 20.0 Å². The molecule has 1 saturated heterocycles. The topological polar surface area (TPSA) is 45.4 Å². The first-order valence-corrected chi connectivity index (χ1v) is 7.94. The van der Waals surface area contributed by atoms with Crippen molar-refractivity contribution in [3.05, 3.63) is 34.2 Å². The van der Waals surface area contributed by atoms with Gasteiger partial charge < -0.3 is 4.42 Å². The predicted molar refractivity (Wildman–Crippen MR) is 78.6 cm³/mol. The second kappa shape index (κ2) is 6.03. The molecular formula is C14H20N4OS. The molecule has 3 rings (SSSR count). The molecule has 1 aliphatic rings. The predicted octanol–water partition coefficient (Wildman–Crippen LogP) is 2.32. The van der Waals surface area contributed by atoms with Crippen LogP contribution in [0.3, 0.4) is 0 Å². The summed E-state index contributed by atoms with van der Waals surface area (Å²) in [4.78, 5) is 4.92. The minimum Gasteiger partial charge on any atom is -0.424 e. The number of thiophene rings is 1. The summed E-state index contributed by atoms with van der Waals surface area (Å²) in [6.07, 6.45) is 0. The zero-order valence-corrected chi connectivity index (χ0v) is 12.8. The quantitative estimate of drug-likeness (QED) is 0.865. The SMILES string of the molecule is Cc1nnc(CN2CCN([C@@H](C)c3ccsc3)CC2)o1. The first-order chi connectivity index (χ1) is 9.72. The van der Waals surface area contributed by atoms with Crippen molar-refractivity contribution in [2.45, 2.75) is 26.4 Å². The molecule has 0 unspecified atom stereocenters. The number of rotatable bonds is 4. The maximum absolute atomic E-state index is 5.44. The van der Waals surface area contributed by atoms with Crippen LogP contribution in [0.1, 0.15) is 30.3 Å². The fourth-order valence-electron chi connectivity index (χ4n) is 2.62. The Morgan fingerprint density at radius 3 is 2.70 bits per heavy atom. The standard InChI is InChI=1S/C14H20N4OS/c1-11(13-3-8-20-10-13)18-6-4-17(5-7-18)9-14-16-15-12(2)19-14/h3,8,10-11H,4-7,9H2,1-2H3/t11-/m0/s1. The summed E-state index contributed by atoms with van der Waals surface area (Å²) in [7, 11) is 0. The molecule has 0 radical (unpaired) electrons. The summed E-state index contributed by atoms with van der Waals surface area (Å²) in [5.41, 5.74) is 1.43. The van der Waals surface area contributed by atoms with E-state index in [1.165, 1.54) is 5.56 Å². The molecule has 5 nitrogen and oxygen atoms in total. The summed E-state index contributed by atoms with van der Waals surface area (Å²) in [5.74, 6) is 1.37. The minimum absolute atomic E-state index is 0.508. The van der Waals surface area contributed by atoms with Crippen LogP contribution in [0, 0.1) is 6.92 Å². The van der Waals surface area contributed by atoms with E-state index in [0.717, 1.165) is 38.6 Å². The third-order valence-electron chi connectivity index (χ3n) is 3.91. The van der Waals surface area contributed by atoms with E-state index in [1.807, 2.05) is 6.92 Å². The average Bonchev–Trinajstić information content (AvgIpc) is 3.11. The average molecular weight is 292 g/mol. The van der Waals surface area contributed by atoms with Crippen LogP contribution < -0.4 is 0 Å². The normalized spacial score (nSPS) is 19.3. The van der Waals surface area contributed by atoms with Gasteiger partial charge in [-0.3, -0.25) is 9.80 Å². The highest BCUT2D eigenvalue weighted by Gasteiger charge is 2.23. The second-order valence-electron chi connectivity index (χ2n) is 5.26. The molecule has 3 heterocycles. The Morgan fingerprint density at radius 2 is 2.10 bits per heavy atom. The van der Waals surface area contributed by atoms with Crippen molar-refractivity contribution in [2.75, 3.05) is 26.2 Å². The molecule has 0 bridgehead atoms. The first kappa shape index (κ1) is 13.7. The summed E-state index contributed by atoms with van der Waals surface area (Å²) in [5, 5.41) is 12.3. The molecule has 108 valence electrons. The molecular weight excluding hydrogens is 272 g/mol. The number of piperazine rings is 1. The van der Waals surface area contributed by atoms with Gasteiger partial charge in [0.1, 0.15) is 0 Å². The molecule has 0 N–H and O–H groups in total. The molecule has 0 aromatic carbocycles. The third kappa shape index (κ3) is 3.08. The van der Waals surface area contributed by atoms with E-state index in [0.29, 0.717) is 11.9 Å². The van der Waals surface area contributed by atoms with Gasteiger partial charge in [0.05, 0.1) is 6.54 Å². The van der Waals surface area contributed by atoms with Gasteiger partial charge in [-0.25, -0.2) is 0 Å². The Balaban J connectivity index is 1.52. The minimum atomic E-state index is 0.508. The first-order valence-electron chi connectivity index (χ1n) is 7.00. The molecule has 0 spiro atoms. The number of hydrogen-bond acceptors (Lipinski definition) is 6. The van der Waals surface area contributed by atoms with E-state index >= 15 is 0 Å². The van der Waals surface area contributed by atoms with Gasteiger partial charge in [0.2, 0.25) is 11.8 Å². The van der Waals surface area contributed by atoms with Gasteiger partial charge >= 0.3 is 0 Å². The molecule has 1 aliphatic heterocycles. The Bertz CT molecular complexity index is 531. The Labute approximate surface area is 123 Å². The van der Waals surface area contributed by atoms with E-state index < -0.39 is 0 Å². The second-order valence-corrected chi connectivity index (χ2v) is 6.04. The number of aromatic nitrogens is 2. The van der Waals surface area contributed by atoms with E-state index in [-0.39, 0.29) is 0 Å². The fourth-order valence-corrected chi connectivity index (χ4v) is 3.37. The highest BCUT2D eigenvalue weighted by molar-refractivity contribution is 7.07. The van der Waals surface area contributed by atoms with Gasteiger partial charge in [-0.2, -0.15) is 11.3 Å². The lowest BCUT2D eigenvalue weighted by Gasteiger charge is -2.37. The van der Waals surface area contributed by atoms with E-state index in [1.54, 1.807) is 11.3 Å². The Morgan fingerprint density at radius 1 is 1.30 bits per heavy atom. The van der Waals surface area contributed by atoms with Crippen molar-refractivity contribution < 1.29 is 4.42 Å². The highest BCUT2D eigenvalue weighted by atomic mass is 32.1. The van der Waals surface area contributed by atoms with Crippen LogP contribution in [0.2, 0.25) is 0 Å². The summed E-state index contributed by atoms with van der Waals surface area (Å²) < 4.78 is 5.44. The maximum atomic E-state index is 5.44. The number of aryl methyl sites for hydroxylation is 1. The van der Waals surface area contributed by atoms with Crippen LogP contribution in [-0.2, 0) is 6.54 Å². The summed E-state index contributed by atoms with van der Waals surface area (Å²) in [6, 6.07) is 2.73. The largest absolute Gasteiger partial charge is 0.424 e. The smallest absolute Gasteiger partial charge is 0.230 e. The van der Waals surface area contributed by atoms with Crippen molar-refractivity contribution in [3.8, 4) is 0 Å². The van der Waals surface area contributed by atoms with E-state index in [9.17, 15) is 0 Å². The van der Waals surface area contributed by atoms with Crippen LogP contribution in [-0.4, -0.2) is 46.2 Å². The molecule has 6 heteroatoms. The zero-order valence-electron chi connectivity index (χ0n) is 12.0. The van der Waals surface area contributed by atoms with Crippen LogP contribution in [0.25, 0.3) is 0 Å². The highest BCUT2D eigenvalue weighted by Crippen LogP contribution is 2.23. The monoisotopic (exact) mass is 292 g/mol. The molecule has 2 aromatic heterocycles. The maximum Gasteiger partial charge on any atom is 0.230 e. The summed E-state index contributed by atoms with van der Waals surface area (Å²) in [6.45, 7) is 9.16. The number of hydrogen-bond donors (Lipinski definition) is 0. The van der Waals surface area contributed by atoms with Crippen molar-refractivity contribution in [3.63, 3.8) is 0 Å². The van der Waals surface area contributed by atoms with Crippen molar-refractivity contribution in [1.29, 1.82) is 0 Å². The Kier molecular flexibility index (Phi) is 4.14. The van der Waals surface area contributed by atoms with E-state index in [4.69, 9.17) is 4.42 Å². The van der Waals surface area contributed by atoms with Gasteiger partial charge in [0.25, 0.3) is 0 Å². The third-order valence-corrected chi connectivity index (χ3v) is 4.61. The van der Waals surface area contributed by atoms with Crippen molar-refractivity contribution >= 4 is 11.3 Å². The van der Waals surface area contributed by atoms with Gasteiger partial charge in [0, 0.05) is 39.1 Å². The molecule has 20 heavy (non-hydrogen) atoms. The van der Waals surface area contributed by atoms with Crippen molar-refractivity contribution in [2.24, 2.45) is 0 Å². The van der Waals surface area contributed by atoms with Gasteiger partial charge in [-0.15, -0.1) is 10.2 Å². The lowest BCUT2D eigenvalue weighted by Crippen LogP contribution is -2.46. The van der Waals surface area contributed by atoms with Crippen LogP contribution >= 0.6 is 11.3 Å². The van der Waals surface area contributed by atoms with Crippen LogP contribution in [0.5, 0.6) is 0 Å². The molecule has 2 aromatic rings. The molecule has 0 aliphatic carbocycles. The molecule has 0 amide bonds. The molecule has 1 fully saturated rings. The number of nitrogens with zero attached hydrogens (tertiary/aromatic N) is 4. The summed E-state index contributed by atoms with van der Waals surface area (Å²) >= 11 is 1.77. The lowest BCUT2D eigenvalue weighted by molar-refractivity contribution is 0.0920. The lowest BCUT2D eigenvalue weighted by atomic mass is 10.1.